The van der Waals surface area contributed by atoms with Crippen molar-refractivity contribution in [3.63, 3.8) is 0 Å². The Balaban J connectivity index is 1.81. The number of ether oxygens (including phenoxy) is 2. The molecule has 1 N–H and O–H groups in total. The van der Waals surface area contributed by atoms with Crippen LogP contribution in [0.2, 0.25) is 0 Å². The minimum Gasteiger partial charge on any atom is -0.379 e. The number of likely N-dealkylation sites (tertiary alicyclic amines) is 1. The van der Waals surface area contributed by atoms with Gasteiger partial charge in [-0.3, -0.25) is 4.79 Å². The quantitative estimate of drug-likeness (QED) is 0.791. The second kappa shape index (κ2) is 7.96. The minimum absolute atomic E-state index is 0.00908. The summed E-state index contributed by atoms with van der Waals surface area (Å²) in [4.78, 5) is 14.6. The summed E-state index contributed by atoms with van der Waals surface area (Å²) in [5.74, 6) is 0.247. The van der Waals surface area contributed by atoms with E-state index in [0.717, 1.165) is 45.5 Å². The summed E-state index contributed by atoms with van der Waals surface area (Å²) < 4.78 is 11.1. The molecule has 2 unspecified atom stereocenters. The molecule has 2 fully saturated rings. The Kier molecular flexibility index (Phi) is 6.26. The van der Waals surface area contributed by atoms with Crippen molar-refractivity contribution in [2.24, 2.45) is 5.92 Å². The summed E-state index contributed by atoms with van der Waals surface area (Å²) in [6.07, 6.45) is 3.33. The number of amides is 1. The number of hydrogen-bond acceptors (Lipinski definition) is 4. The molecule has 2 heterocycles. The smallest absolute Gasteiger partial charge is 0.229 e. The SMILES string of the molecule is CCCNC1COCC1C(=O)N1CCC(OCC)CC1. The zero-order chi connectivity index (χ0) is 14.4. The van der Waals surface area contributed by atoms with Crippen LogP contribution in [0.3, 0.4) is 0 Å². The number of nitrogens with one attached hydrogen (secondary N) is 1. The molecule has 116 valence electrons. The highest BCUT2D eigenvalue weighted by Crippen LogP contribution is 2.21. The van der Waals surface area contributed by atoms with Crippen molar-refractivity contribution < 1.29 is 14.3 Å². The van der Waals surface area contributed by atoms with Gasteiger partial charge in [-0.2, -0.15) is 0 Å². The first-order chi connectivity index (χ1) is 9.76. The Morgan fingerprint density at radius 1 is 1.30 bits per heavy atom. The molecule has 0 aliphatic carbocycles. The summed E-state index contributed by atoms with van der Waals surface area (Å²) in [5.41, 5.74) is 0. The van der Waals surface area contributed by atoms with Gasteiger partial charge in [0.1, 0.15) is 0 Å². The maximum absolute atomic E-state index is 12.6. The van der Waals surface area contributed by atoms with Gasteiger partial charge in [-0.05, 0) is 32.7 Å². The summed E-state index contributed by atoms with van der Waals surface area (Å²) in [7, 11) is 0. The molecule has 0 saturated carbocycles. The topological polar surface area (TPSA) is 50.8 Å². The fraction of sp³-hybridized carbons (Fsp3) is 0.933. The molecule has 0 aromatic carbocycles. The number of nitrogens with zero attached hydrogens (tertiary/aromatic N) is 1. The van der Waals surface area contributed by atoms with E-state index in [0.29, 0.717) is 19.3 Å². The molecule has 2 saturated heterocycles. The van der Waals surface area contributed by atoms with Gasteiger partial charge in [-0.1, -0.05) is 6.92 Å². The van der Waals surface area contributed by atoms with E-state index in [1.807, 2.05) is 11.8 Å². The van der Waals surface area contributed by atoms with Crippen LogP contribution in [0.25, 0.3) is 0 Å². The van der Waals surface area contributed by atoms with Crippen LogP contribution in [0, 0.1) is 5.92 Å². The molecule has 1 amide bonds. The highest BCUT2D eigenvalue weighted by atomic mass is 16.5. The Bertz CT molecular complexity index is 303. The molecule has 0 aromatic heterocycles. The van der Waals surface area contributed by atoms with E-state index in [9.17, 15) is 4.79 Å². The number of piperidine rings is 1. The van der Waals surface area contributed by atoms with Crippen molar-refractivity contribution in [3.8, 4) is 0 Å². The lowest BCUT2D eigenvalue weighted by Crippen LogP contribution is -2.49. The number of rotatable bonds is 6. The molecule has 2 rings (SSSR count). The lowest BCUT2D eigenvalue weighted by Gasteiger charge is -2.34. The van der Waals surface area contributed by atoms with Gasteiger partial charge in [-0.25, -0.2) is 0 Å². The third-order valence-corrected chi connectivity index (χ3v) is 4.21. The molecule has 2 atom stereocenters. The molecule has 0 radical (unpaired) electrons. The van der Waals surface area contributed by atoms with Gasteiger partial charge in [0.05, 0.1) is 25.2 Å². The van der Waals surface area contributed by atoms with Gasteiger partial charge >= 0.3 is 0 Å². The largest absolute Gasteiger partial charge is 0.379 e. The Labute approximate surface area is 122 Å². The third-order valence-electron chi connectivity index (χ3n) is 4.21. The zero-order valence-corrected chi connectivity index (χ0v) is 12.8. The highest BCUT2D eigenvalue weighted by Gasteiger charge is 2.37. The number of hydrogen-bond donors (Lipinski definition) is 1. The zero-order valence-electron chi connectivity index (χ0n) is 12.8. The maximum Gasteiger partial charge on any atom is 0.229 e. The predicted molar refractivity (Wildman–Crippen MR) is 77.6 cm³/mol. The van der Waals surface area contributed by atoms with E-state index in [2.05, 4.69) is 12.2 Å². The standard InChI is InChI=1S/C15H28N2O3/c1-3-7-16-14-11-19-10-13(14)15(18)17-8-5-12(6-9-17)20-4-2/h12-14,16H,3-11H2,1-2H3. The molecule has 5 nitrogen and oxygen atoms in total. The van der Waals surface area contributed by atoms with Crippen molar-refractivity contribution in [1.29, 1.82) is 0 Å². The molecule has 2 aliphatic rings. The van der Waals surface area contributed by atoms with Gasteiger partial charge < -0.3 is 19.7 Å². The van der Waals surface area contributed by atoms with E-state index in [1.54, 1.807) is 0 Å². The Morgan fingerprint density at radius 2 is 2.05 bits per heavy atom. The number of carbonyl (C=O) groups is 1. The fourth-order valence-corrected chi connectivity index (χ4v) is 3.04. The van der Waals surface area contributed by atoms with Crippen LogP contribution in [0.4, 0.5) is 0 Å². The second-order valence-corrected chi connectivity index (χ2v) is 5.68. The highest BCUT2D eigenvalue weighted by molar-refractivity contribution is 5.80. The van der Waals surface area contributed by atoms with Crippen LogP contribution in [-0.4, -0.2) is 62.4 Å². The minimum atomic E-state index is -0.00908. The van der Waals surface area contributed by atoms with Crippen LogP contribution >= 0.6 is 0 Å². The van der Waals surface area contributed by atoms with Crippen LogP contribution in [0.15, 0.2) is 0 Å². The van der Waals surface area contributed by atoms with Crippen LogP contribution in [-0.2, 0) is 14.3 Å². The Morgan fingerprint density at radius 3 is 2.70 bits per heavy atom. The summed E-state index contributed by atoms with van der Waals surface area (Å²) in [6, 6.07) is 0.187. The van der Waals surface area contributed by atoms with Gasteiger partial charge in [0.2, 0.25) is 5.91 Å². The van der Waals surface area contributed by atoms with Crippen molar-refractivity contribution >= 4 is 5.91 Å². The van der Waals surface area contributed by atoms with Crippen LogP contribution < -0.4 is 5.32 Å². The van der Waals surface area contributed by atoms with Crippen molar-refractivity contribution in [2.45, 2.75) is 45.3 Å². The van der Waals surface area contributed by atoms with Crippen molar-refractivity contribution in [3.05, 3.63) is 0 Å². The summed E-state index contributed by atoms with van der Waals surface area (Å²) in [5, 5.41) is 3.43. The second-order valence-electron chi connectivity index (χ2n) is 5.68. The van der Waals surface area contributed by atoms with Gasteiger partial charge in [-0.15, -0.1) is 0 Å². The first-order valence-electron chi connectivity index (χ1n) is 7.97. The molecular formula is C15H28N2O3. The van der Waals surface area contributed by atoms with E-state index in [-0.39, 0.29) is 17.9 Å². The molecule has 0 aromatic rings. The molecule has 0 spiro atoms. The van der Waals surface area contributed by atoms with E-state index in [4.69, 9.17) is 9.47 Å². The van der Waals surface area contributed by atoms with Crippen molar-refractivity contribution in [2.75, 3.05) is 39.5 Å². The van der Waals surface area contributed by atoms with Gasteiger partial charge in [0.25, 0.3) is 0 Å². The van der Waals surface area contributed by atoms with Gasteiger partial charge in [0, 0.05) is 25.7 Å². The van der Waals surface area contributed by atoms with E-state index < -0.39 is 0 Å². The lowest BCUT2D eigenvalue weighted by atomic mass is 9.99. The molecule has 0 bridgehead atoms. The van der Waals surface area contributed by atoms with Crippen molar-refractivity contribution in [1.82, 2.24) is 10.2 Å². The molecule has 2 aliphatic heterocycles. The molecule has 20 heavy (non-hydrogen) atoms. The Hall–Kier alpha value is -0.650. The third kappa shape index (κ3) is 3.93. The lowest BCUT2D eigenvalue weighted by molar-refractivity contribution is -0.138. The normalized spacial score (nSPS) is 28.0. The van der Waals surface area contributed by atoms with E-state index in [1.165, 1.54) is 0 Å². The first-order valence-corrected chi connectivity index (χ1v) is 7.97. The van der Waals surface area contributed by atoms with Crippen LogP contribution in [0.5, 0.6) is 0 Å². The average molecular weight is 284 g/mol. The fourth-order valence-electron chi connectivity index (χ4n) is 3.04. The van der Waals surface area contributed by atoms with E-state index >= 15 is 0 Å². The van der Waals surface area contributed by atoms with Gasteiger partial charge in [0.15, 0.2) is 0 Å². The first kappa shape index (κ1) is 15.7. The maximum atomic E-state index is 12.6. The molecular weight excluding hydrogens is 256 g/mol. The predicted octanol–water partition coefficient (Wildman–Crippen LogP) is 1.03. The number of carbonyl (C=O) groups excluding carboxylic acids is 1. The monoisotopic (exact) mass is 284 g/mol. The molecule has 5 heteroatoms. The summed E-state index contributed by atoms with van der Waals surface area (Å²) >= 11 is 0. The van der Waals surface area contributed by atoms with Crippen LogP contribution in [0.1, 0.15) is 33.1 Å². The summed E-state index contributed by atoms with van der Waals surface area (Å²) in [6.45, 7) is 8.73. The average Bonchev–Trinajstić information content (AvgIpc) is 2.94.